The van der Waals surface area contributed by atoms with Gasteiger partial charge in [0.1, 0.15) is 0 Å². The average molecular weight is 1340 g/mol. The molecule has 0 unspecified atom stereocenters. The predicted octanol–water partition coefficient (Wildman–Crippen LogP) is 6.89. The number of piperazine rings is 8. The lowest BCUT2D eigenvalue weighted by Gasteiger charge is -2.32. The first kappa shape index (κ1) is 81.6. The van der Waals surface area contributed by atoms with E-state index in [2.05, 4.69) is 230 Å². The van der Waals surface area contributed by atoms with Gasteiger partial charge >= 0.3 is 0 Å². The number of halogens is 1. The van der Waals surface area contributed by atoms with Gasteiger partial charge in [-0.1, -0.05) is 110 Å². The van der Waals surface area contributed by atoms with Crippen LogP contribution in [-0.2, 0) is 26.2 Å². The second kappa shape index (κ2) is 47.8. The Labute approximate surface area is 583 Å². The number of non-ortho nitro benzene ring substituents is 1. The monoisotopic (exact) mass is 1340 g/mol. The fourth-order valence-electron chi connectivity index (χ4n) is 11.9. The third-order valence-electron chi connectivity index (χ3n) is 19.3. The Hall–Kier alpha value is -4.07. The lowest BCUT2D eigenvalue weighted by molar-refractivity contribution is -0.384. The highest BCUT2D eigenvalue weighted by Gasteiger charge is 2.19. The van der Waals surface area contributed by atoms with Crippen molar-refractivity contribution in [2.45, 2.75) is 53.4 Å². The van der Waals surface area contributed by atoms with Gasteiger partial charge in [0.05, 0.1) is 4.92 Å². The van der Waals surface area contributed by atoms with Crippen LogP contribution in [0.1, 0.15) is 48.1 Å². The molecular formula is C75H132ClN17O2. The van der Waals surface area contributed by atoms with Crippen molar-refractivity contribution in [1.29, 1.82) is 0 Å². The van der Waals surface area contributed by atoms with Gasteiger partial charge in [0.15, 0.2) is 0 Å². The van der Waals surface area contributed by atoms with Crippen molar-refractivity contribution >= 4 is 17.3 Å². The lowest BCUT2D eigenvalue weighted by atomic mass is 10.1. The predicted molar refractivity (Wildman–Crippen MR) is 402 cm³/mol. The Morgan fingerprint density at radius 3 is 0.895 bits per heavy atom. The van der Waals surface area contributed by atoms with Gasteiger partial charge in [0, 0.05) is 253 Å². The molecule has 536 valence electrons. The van der Waals surface area contributed by atoms with Gasteiger partial charge in [-0.05, 0) is 124 Å². The van der Waals surface area contributed by atoms with Gasteiger partial charge in [-0.2, -0.15) is 0 Å². The summed E-state index contributed by atoms with van der Waals surface area (Å²) in [6, 6.07) is 34.6. The third kappa shape index (κ3) is 37.1. The number of aryl methyl sites for hydroxylation is 1. The molecule has 8 aliphatic rings. The number of hydrogen-bond acceptors (Lipinski definition) is 18. The summed E-state index contributed by atoms with van der Waals surface area (Å²) in [4.78, 5) is 46.4. The molecule has 19 nitrogen and oxygen atoms in total. The molecule has 0 aromatic heterocycles. The summed E-state index contributed by atoms with van der Waals surface area (Å²) in [5.41, 5.74) is 6.86. The fourth-order valence-corrected chi connectivity index (χ4v) is 12.0. The molecule has 0 spiro atoms. The normalized spacial score (nSPS) is 21.1. The summed E-state index contributed by atoms with van der Waals surface area (Å²) in [6.45, 7) is 51.6. The van der Waals surface area contributed by atoms with Gasteiger partial charge in [-0.3, -0.25) is 29.7 Å². The van der Waals surface area contributed by atoms with Gasteiger partial charge in [-0.25, -0.2) is 0 Å². The van der Waals surface area contributed by atoms with Crippen LogP contribution in [0.15, 0.2) is 103 Å². The number of likely N-dealkylation sites (N-methyl/N-ethyl adjacent to an activating group) is 10. The van der Waals surface area contributed by atoms with E-state index in [0.717, 1.165) is 76.0 Å². The highest BCUT2D eigenvalue weighted by molar-refractivity contribution is 6.30. The molecule has 0 radical (unpaired) electrons. The molecule has 0 aliphatic carbocycles. The molecule has 0 amide bonds. The van der Waals surface area contributed by atoms with Crippen molar-refractivity contribution in [3.05, 3.63) is 146 Å². The Morgan fingerprint density at radius 2 is 0.611 bits per heavy atom. The molecule has 0 atom stereocenters. The summed E-state index contributed by atoms with van der Waals surface area (Å²) in [7, 11) is 19.6. The molecule has 20 heteroatoms. The van der Waals surface area contributed by atoms with Crippen LogP contribution < -0.4 is 5.32 Å². The molecule has 12 rings (SSSR count). The summed E-state index contributed by atoms with van der Waals surface area (Å²) >= 11 is 5.85. The Bertz CT molecular complexity index is 2420. The summed E-state index contributed by atoms with van der Waals surface area (Å²) in [5, 5.41) is 14.6. The minimum Gasteiger partial charge on any atom is -0.314 e. The van der Waals surface area contributed by atoms with Crippen LogP contribution in [-0.4, -0.2) is 364 Å². The topological polar surface area (TPSA) is 104 Å². The number of hydrogen-bond donors (Lipinski definition) is 1. The fraction of sp³-hybridized carbons (Fsp3) is 0.680. The van der Waals surface area contributed by atoms with Gasteiger partial charge in [0.2, 0.25) is 0 Å². The van der Waals surface area contributed by atoms with E-state index in [-0.39, 0.29) is 10.6 Å². The van der Waals surface area contributed by atoms with E-state index in [4.69, 9.17) is 11.6 Å². The largest absolute Gasteiger partial charge is 0.314 e. The molecule has 8 fully saturated rings. The van der Waals surface area contributed by atoms with E-state index < -0.39 is 0 Å². The second-order valence-corrected chi connectivity index (χ2v) is 28.3. The van der Waals surface area contributed by atoms with Crippen molar-refractivity contribution in [3.8, 4) is 0 Å². The first-order valence-corrected chi connectivity index (χ1v) is 36.5. The molecule has 4 aromatic rings. The standard InChI is InChI=1S/C13H20N2.C12H17ClN2.C12H17N3O2.C12H18N2.C8H18N2.C7H16N2.C6H14N2.C5H12N2/c1-12-3-5-13(6-4-12)11-15-9-7-14(2)8-10-15;1-14-6-8-15(9-7-14)10-11-2-4-12(13)5-3-11;1-13-6-8-14(9-7-13)10-11-2-4-12(5-3-11)15(16)17;1-13-7-9-14(10-8-13)11-12-5-3-2-4-6-12;1-3-4-10-7-5-9(2)6-8-10;1-3-9-6-4-8(2)5-7-9;1-7-3-5-8(2)6-4-7;1-7-4-2-6-3-5-7/h3-6H,7-11H2,1-2H3;2-5H,6-10H2,1H3;2-5H,6-10H2,1H3;2-6H,7-11H2,1H3;3-8H2,1-2H3;3-7H2,1-2H3;3-6H2,1-2H3;6H,2-5H2,1H3. The van der Waals surface area contributed by atoms with E-state index >= 15 is 0 Å². The molecule has 0 bridgehead atoms. The molecule has 1 N–H and O–H groups in total. The Morgan fingerprint density at radius 1 is 0.347 bits per heavy atom. The van der Waals surface area contributed by atoms with E-state index in [1.165, 1.54) is 212 Å². The number of rotatable bonds is 12. The van der Waals surface area contributed by atoms with Gasteiger partial charge < -0.3 is 59.2 Å². The zero-order valence-corrected chi connectivity index (χ0v) is 62.5. The van der Waals surface area contributed by atoms with Crippen molar-refractivity contribution < 1.29 is 4.92 Å². The minimum absolute atomic E-state index is 0.159. The molecule has 0 saturated carbocycles. The summed E-state index contributed by atoms with van der Waals surface area (Å²) in [5.74, 6) is 0. The first-order chi connectivity index (χ1) is 45.8. The number of benzene rings is 4. The minimum atomic E-state index is -0.361. The Balaban J connectivity index is 0.000000200. The maximum absolute atomic E-state index is 10.5. The smallest absolute Gasteiger partial charge is 0.269 e. The molecule has 4 aromatic carbocycles. The van der Waals surface area contributed by atoms with Crippen molar-refractivity contribution in [2.75, 3.05) is 286 Å². The zero-order chi connectivity index (χ0) is 68.6. The van der Waals surface area contributed by atoms with Crippen LogP contribution in [0.2, 0.25) is 5.02 Å². The molecule has 8 heterocycles. The van der Waals surface area contributed by atoms with E-state index in [9.17, 15) is 10.1 Å². The van der Waals surface area contributed by atoms with Crippen molar-refractivity contribution in [2.24, 2.45) is 0 Å². The van der Waals surface area contributed by atoms with Crippen LogP contribution in [0.4, 0.5) is 5.69 Å². The summed E-state index contributed by atoms with van der Waals surface area (Å²) in [6.07, 6.45) is 1.30. The quantitative estimate of drug-likeness (QED) is 0.118. The highest BCUT2D eigenvalue weighted by atomic mass is 35.5. The third-order valence-corrected chi connectivity index (χ3v) is 19.5. The van der Waals surface area contributed by atoms with Crippen LogP contribution in [0.25, 0.3) is 0 Å². The maximum Gasteiger partial charge on any atom is 0.269 e. The van der Waals surface area contributed by atoms with Crippen LogP contribution in [0.3, 0.4) is 0 Å². The number of nitrogens with one attached hydrogen (secondary N) is 1. The van der Waals surface area contributed by atoms with Crippen molar-refractivity contribution in [3.63, 3.8) is 0 Å². The number of nitrogens with zero attached hydrogens (tertiary/aromatic N) is 16. The second-order valence-electron chi connectivity index (χ2n) is 27.9. The van der Waals surface area contributed by atoms with E-state index in [1.54, 1.807) is 12.1 Å². The number of nitro benzene ring substituents is 1. The van der Waals surface area contributed by atoms with E-state index in [1.807, 2.05) is 24.3 Å². The molecule has 95 heavy (non-hydrogen) atoms. The lowest BCUT2D eigenvalue weighted by Crippen LogP contribution is -2.44. The highest BCUT2D eigenvalue weighted by Crippen LogP contribution is 2.16. The number of nitro groups is 1. The SMILES string of the molecule is CCCN1CCN(C)CC1.CCN1CCN(C)CC1.CN1CCN(C)CC1.CN1CCN(Cc2ccc(Cl)cc2)CC1.CN1CCN(Cc2ccc([N+](=O)[O-])cc2)CC1.CN1CCN(Cc2ccccc2)CC1.CN1CCNCC1.Cc1ccc(CN2CCN(C)CC2)cc1. The van der Waals surface area contributed by atoms with Crippen LogP contribution >= 0.6 is 11.6 Å². The van der Waals surface area contributed by atoms with Crippen LogP contribution in [0, 0.1) is 17.0 Å². The molecular weight excluding hydrogens is 1210 g/mol. The first-order valence-electron chi connectivity index (χ1n) is 36.1. The van der Waals surface area contributed by atoms with Gasteiger partial charge in [0.25, 0.3) is 5.69 Å². The van der Waals surface area contributed by atoms with Gasteiger partial charge in [-0.15, -0.1) is 0 Å². The maximum atomic E-state index is 10.5. The average Bonchev–Trinajstić information content (AvgIpc) is 3.78. The van der Waals surface area contributed by atoms with Crippen molar-refractivity contribution in [1.82, 2.24) is 78.8 Å². The summed E-state index contributed by atoms with van der Waals surface area (Å²) < 4.78 is 0. The molecule has 8 saturated heterocycles. The molecule has 8 aliphatic heterocycles. The van der Waals surface area contributed by atoms with Crippen LogP contribution in [0.5, 0.6) is 0 Å². The zero-order valence-electron chi connectivity index (χ0n) is 61.7. The van der Waals surface area contributed by atoms with E-state index in [0.29, 0.717) is 0 Å². The Kier molecular flexibility index (Phi) is 41.1.